The van der Waals surface area contributed by atoms with Crippen molar-refractivity contribution in [2.45, 2.75) is 24.1 Å². The highest BCUT2D eigenvalue weighted by molar-refractivity contribution is 8.17. The van der Waals surface area contributed by atoms with Crippen LogP contribution in [0, 0.1) is 0 Å². The molecule has 0 atom stereocenters. The van der Waals surface area contributed by atoms with Crippen LogP contribution in [0.15, 0.2) is 15.7 Å². The van der Waals surface area contributed by atoms with E-state index in [-0.39, 0.29) is 0 Å². The summed E-state index contributed by atoms with van der Waals surface area (Å²) in [6.07, 6.45) is -19.2. The SMILES string of the molecule is FC1=NC(C(F)(F)F)(C(F)(F)F)C(=C(F)C(F)(F)F)S1. The minimum Gasteiger partial charge on any atom is -0.220 e. The molecule has 20 heavy (non-hydrogen) atoms. The first-order chi connectivity index (χ1) is 8.64. The Bertz CT molecular complexity index is 451. The van der Waals surface area contributed by atoms with Gasteiger partial charge in [0.1, 0.15) is 0 Å². The second-order valence-corrected chi connectivity index (χ2v) is 4.26. The van der Waals surface area contributed by atoms with Crippen LogP contribution in [0.1, 0.15) is 0 Å². The Balaban J connectivity index is 3.72. The Hall–Kier alpha value is -1.01. The molecule has 0 saturated carbocycles. The molecule has 1 nitrogen and oxygen atoms in total. The quantitative estimate of drug-likeness (QED) is 0.585. The van der Waals surface area contributed by atoms with Crippen molar-refractivity contribution in [1.82, 2.24) is 0 Å². The Labute approximate surface area is 106 Å². The largest absolute Gasteiger partial charge is 0.443 e. The highest BCUT2D eigenvalue weighted by atomic mass is 32.2. The number of alkyl halides is 9. The first-order valence-electron chi connectivity index (χ1n) is 4.18. The van der Waals surface area contributed by atoms with Gasteiger partial charge in [0.25, 0.3) is 5.54 Å². The van der Waals surface area contributed by atoms with Crippen molar-refractivity contribution in [2.24, 2.45) is 4.99 Å². The number of hydrogen-bond donors (Lipinski definition) is 0. The summed E-state index contributed by atoms with van der Waals surface area (Å²) in [5.41, 5.74) is -5.60. The summed E-state index contributed by atoms with van der Waals surface area (Å²) in [7, 11) is 0. The van der Waals surface area contributed by atoms with Gasteiger partial charge in [0.15, 0.2) is 0 Å². The maximum Gasteiger partial charge on any atom is 0.443 e. The van der Waals surface area contributed by atoms with Crippen molar-refractivity contribution < 1.29 is 48.3 Å². The zero-order valence-electron chi connectivity index (χ0n) is 8.51. The zero-order valence-corrected chi connectivity index (χ0v) is 9.33. The van der Waals surface area contributed by atoms with Crippen molar-refractivity contribution in [3.8, 4) is 0 Å². The molecule has 0 N–H and O–H groups in total. The van der Waals surface area contributed by atoms with Gasteiger partial charge in [-0.05, 0) is 11.8 Å². The van der Waals surface area contributed by atoms with Crippen LogP contribution in [-0.4, -0.2) is 29.4 Å². The molecule has 1 aliphatic rings. The van der Waals surface area contributed by atoms with Gasteiger partial charge in [-0.2, -0.15) is 43.9 Å². The third-order valence-electron chi connectivity index (χ3n) is 2.04. The Morgan fingerprint density at radius 3 is 1.60 bits per heavy atom. The molecule has 0 fully saturated rings. The molecule has 0 aromatic carbocycles. The van der Waals surface area contributed by atoms with Crippen molar-refractivity contribution >= 4 is 17.1 Å². The van der Waals surface area contributed by atoms with Crippen molar-refractivity contribution in [2.75, 3.05) is 0 Å². The van der Waals surface area contributed by atoms with Crippen LogP contribution >= 0.6 is 11.8 Å². The number of allylic oxidation sites excluding steroid dienone is 1. The van der Waals surface area contributed by atoms with Gasteiger partial charge in [0.05, 0.1) is 4.91 Å². The molecule has 1 aliphatic heterocycles. The number of halogens is 11. The number of nitrogens with zero attached hydrogens (tertiary/aromatic N) is 1. The molecule has 1 rings (SSSR count). The molecule has 0 spiro atoms. The van der Waals surface area contributed by atoms with E-state index in [9.17, 15) is 48.3 Å². The van der Waals surface area contributed by atoms with Crippen molar-refractivity contribution in [3.05, 3.63) is 10.7 Å². The molecule has 0 aromatic rings. The second kappa shape index (κ2) is 4.49. The molecule has 0 aromatic heterocycles. The standard InChI is InChI=1S/C7F11NS/c8-1(5(10,11)12)2-4(6(13,14)15,7(16,17)18)19-3(9)20-2. The molecule has 0 saturated heterocycles. The topological polar surface area (TPSA) is 12.4 Å². The molecule has 13 heteroatoms. The summed E-state index contributed by atoms with van der Waals surface area (Å²) >= 11 is -1.31. The molecule has 1 heterocycles. The maximum absolute atomic E-state index is 12.8. The zero-order chi connectivity index (χ0) is 16.1. The van der Waals surface area contributed by atoms with Crippen LogP contribution in [0.5, 0.6) is 0 Å². The van der Waals surface area contributed by atoms with Crippen LogP contribution in [0.2, 0.25) is 0 Å². The van der Waals surface area contributed by atoms with E-state index in [1.54, 1.807) is 4.99 Å². The molecule has 0 amide bonds. The fraction of sp³-hybridized carbons (Fsp3) is 0.571. The van der Waals surface area contributed by atoms with Gasteiger partial charge in [-0.1, -0.05) is 0 Å². The summed E-state index contributed by atoms with van der Waals surface area (Å²) in [5, 5.41) is -2.48. The summed E-state index contributed by atoms with van der Waals surface area (Å²) in [5.74, 6) is -3.70. The average Bonchev–Trinajstić information content (AvgIpc) is 2.52. The normalized spacial score (nSPS) is 22.9. The molecule has 0 bridgehead atoms. The first kappa shape index (κ1) is 17.0. The lowest BCUT2D eigenvalue weighted by Gasteiger charge is -2.31. The molecular weight excluding hydrogens is 339 g/mol. The fourth-order valence-corrected chi connectivity index (χ4v) is 2.22. The van der Waals surface area contributed by atoms with Gasteiger partial charge in [0, 0.05) is 0 Å². The van der Waals surface area contributed by atoms with E-state index in [0.717, 1.165) is 0 Å². The van der Waals surface area contributed by atoms with E-state index in [4.69, 9.17) is 0 Å². The van der Waals surface area contributed by atoms with Crippen LogP contribution in [0.4, 0.5) is 48.3 Å². The minimum absolute atomic E-state index is 1.31. The molecule has 0 unspecified atom stereocenters. The molecular formula is C7F11NS. The average molecular weight is 339 g/mol. The van der Waals surface area contributed by atoms with Crippen molar-refractivity contribution in [1.29, 1.82) is 0 Å². The van der Waals surface area contributed by atoms with Crippen LogP contribution in [0.3, 0.4) is 0 Å². The third kappa shape index (κ3) is 2.46. The van der Waals surface area contributed by atoms with E-state index >= 15 is 0 Å². The lowest BCUT2D eigenvalue weighted by Crippen LogP contribution is -2.55. The Kier molecular flexibility index (Phi) is 3.83. The van der Waals surface area contributed by atoms with E-state index in [2.05, 4.69) is 0 Å². The maximum atomic E-state index is 12.8. The highest BCUT2D eigenvalue weighted by Gasteiger charge is 2.77. The predicted molar refractivity (Wildman–Crippen MR) is 45.2 cm³/mol. The van der Waals surface area contributed by atoms with Gasteiger partial charge in [0.2, 0.25) is 11.1 Å². The monoisotopic (exact) mass is 339 g/mol. The number of aliphatic imine (C=N–C) groups is 1. The van der Waals surface area contributed by atoms with Gasteiger partial charge < -0.3 is 0 Å². The predicted octanol–water partition coefficient (Wildman–Crippen LogP) is 4.67. The smallest absolute Gasteiger partial charge is 0.220 e. The van der Waals surface area contributed by atoms with Gasteiger partial charge in [-0.3, -0.25) is 0 Å². The highest BCUT2D eigenvalue weighted by Crippen LogP contribution is 2.59. The number of hydrogen-bond acceptors (Lipinski definition) is 2. The van der Waals surface area contributed by atoms with Gasteiger partial charge in [-0.15, -0.1) is 0 Å². The van der Waals surface area contributed by atoms with E-state index in [1.165, 1.54) is 0 Å². The first-order valence-corrected chi connectivity index (χ1v) is 5.00. The summed E-state index contributed by atoms with van der Waals surface area (Å²) in [4.78, 5) is -1.40. The second-order valence-electron chi connectivity index (χ2n) is 3.31. The van der Waals surface area contributed by atoms with E-state index in [0.29, 0.717) is 0 Å². The van der Waals surface area contributed by atoms with Gasteiger partial charge >= 0.3 is 18.5 Å². The molecule has 0 aliphatic carbocycles. The Morgan fingerprint density at radius 2 is 1.30 bits per heavy atom. The lowest BCUT2D eigenvalue weighted by molar-refractivity contribution is -0.280. The fourth-order valence-electron chi connectivity index (χ4n) is 1.24. The number of thioether (sulfide) groups is 1. The molecule has 116 valence electrons. The molecule has 0 radical (unpaired) electrons. The van der Waals surface area contributed by atoms with Crippen LogP contribution in [-0.2, 0) is 0 Å². The Morgan fingerprint density at radius 1 is 0.900 bits per heavy atom. The lowest BCUT2D eigenvalue weighted by atomic mass is 9.97. The van der Waals surface area contributed by atoms with Crippen LogP contribution in [0.25, 0.3) is 0 Å². The van der Waals surface area contributed by atoms with Gasteiger partial charge in [-0.25, -0.2) is 9.38 Å². The number of rotatable bonds is 0. The minimum atomic E-state index is -6.51. The van der Waals surface area contributed by atoms with Crippen molar-refractivity contribution in [3.63, 3.8) is 0 Å². The summed E-state index contributed by atoms with van der Waals surface area (Å²) < 4.78 is 136. The van der Waals surface area contributed by atoms with Crippen LogP contribution < -0.4 is 0 Å². The summed E-state index contributed by atoms with van der Waals surface area (Å²) in [6.45, 7) is 0. The summed E-state index contributed by atoms with van der Waals surface area (Å²) in [6, 6.07) is 0. The van der Waals surface area contributed by atoms with E-state index in [1.807, 2.05) is 0 Å². The van der Waals surface area contributed by atoms with E-state index < -0.39 is 51.9 Å². The third-order valence-corrected chi connectivity index (χ3v) is 2.98.